The largest absolute Gasteiger partial charge is 0.443 e. The summed E-state index contributed by atoms with van der Waals surface area (Å²) in [4.78, 5) is 18.1. The lowest BCUT2D eigenvalue weighted by Gasteiger charge is -2.23. The van der Waals surface area contributed by atoms with E-state index in [1.165, 1.54) is 30.1 Å². The maximum atomic E-state index is 13.3. The van der Waals surface area contributed by atoms with Crippen molar-refractivity contribution >= 4 is 38.5 Å². The normalized spacial score (nSPS) is 12.8. The average Bonchev–Trinajstić information content (AvgIpc) is 2.85. The van der Waals surface area contributed by atoms with Crippen molar-refractivity contribution in [1.82, 2.24) is 4.98 Å². The molecule has 0 aliphatic rings. The van der Waals surface area contributed by atoms with Crippen molar-refractivity contribution in [2.45, 2.75) is 32.5 Å². The van der Waals surface area contributed by atoms with Crippen molar-refractivity contribution in [1.29, 1.82) is 0 Å². The van der Waals surface area contributed by atoms with Crippen LogP contribution in [0.5, 0.6) is 0 Å². The van der Waals surface area contributed by atoms with E-state index in [4.69, 9.17) is 4.74 Å². The maximum Gasteiger partial charge on any atom is 0.416 e. The highest BCUT2D eigenvalue weighted by atomic mass is 79.9. The van der Waals surface area contributed by atoms with Gasteiger partial charge < -0.3 is 9.84 Å². The van der Waals surface area contributed by atoms with Crippen molar-refractivity contribution in [3.05, 3.63) is 45.1 Å². The molecule has 1 N–H and O–H groups in total. The van der Waals surface area contributed by atoms with Crippen LogP contribution in [0.4, 0.5) is 14.3 Å². The monoisotopic (exact) mass is 416 g/mol. The summed E-state index contributed by atoms with van der Waals surface area (Å²) in [6, 6.07) is 5.71. The molecule has 0 saturated carbocycles. The van der Waals surface area contributed by atoms with E-state index in [1.54, 1.807) is 26.8 Å². The molecule has 1 aromatic carbocycles. The van der Waals surface area contributed by atoms with Gasteiger partial charge in [-0.05, 0) is 54.4 Å². The van der Waals surface area contributed by atoms with E-state index in [9.17, 15) is 14.3 Å². The van der Waals surface area contributed by atoms with Crippen LogP contribution >= 0.6 is 27.3 Å². The number of ether oxygens (including phenoxy) is 1. The SMILES string of the molecule is CN(C(=O)OC(C)(C)C)c1nc(Br)c(C(O)c2cccc(F)c2)s1. The second-order valence-electron chi connectivity index (χ2n) is 6.15. The van der Waals surface area contributed by atoms with E-state index in [0.717, 1.165) is 11.3 Å². The van der Waals surface area contributed by atoms with Crippen LogP contribution in [0.25, 0.3) is 0 Å². The Labute approximate surface area is 152 Å². The Morgan fingerprint density at radius 2 is 2.12 bits per heavy atom. The number of carbonyl (C=O) groups is 1. The number of anilines is 1. The van der Waals surface area contributed by atoms with Gasteiger partial charge in [-0.3, -0.25) is 4.90 Å². The van der Waals surface area contributed by atoms with Crippen LogP contribution in [0, 0.1) is 5.82 Å². The second-order valence-corrected chi connectivity index (χ2v) is 7.91. The van der Waals surface area contributed by atoms with Crippen LogP contribution in [0.15, 0.2) is 28.9 Å². The van der Waals surface area contributed by atoms with Crippen LogP contribution in [0.3, 0.4) is 0 Å². The highest BCUT2D eigenvalue weighted by Crippen LogP contribution is 2.37. The van der Waals surface area contributed by atoms with Crippen LogP contribution in [-0.2, 0) is 4.74 Å². The first-order valence-electron chi connectivity index (χ1n) is 7.15. The molecule has 1 heterocycles. The molecule has 0 bridgehead atoms. The van der Waals surface area contributed by atoms with Gasteiger partial charge >= 0.3 is 6.09 Å². The molecule has 2 rings (SSSR count). The standard InChI is InChI=1S/C16H18BrFN2O3S/c1-16(2,3)23-15(22)20(4)14-19-13(17)12(24-14)11(21)9-6-5-7-10(18)8-9/h5-8,11,21H,1-4H3. The van der Waals surface area contributed by atoms with Gasteiger partial charge in [-0.25, -0.2) is 14.2 Å². The molecule has 1 aromatic heterocycles. The number of carbonyl (C=O) groups excluding carboxylic acids is 1. The highest BCUT2D eigenvalue weighted by Gasteiger charge is 2.26. The van der Waals surface area contributed by atoms with E-state index in [1.807, 2.05) is 0 Å². The molecule has 2 aromatic rings. The molecule has 1 atom stereocenters. The predicted molar refractivity (Wildman–Crippen MR) is 94.9 cm³/mol. The van der Waals surface area contributed by atoms with E-state index in [-0.39, 0.29) is 0 Å². The van der Waals surface area contributed by atoms with Gasteiger partial charge in [0.25, 0.3) is 0 Å². The first-order chi connectivity index (χ1) is 11.1. The van der Waals surface area contributed by atoms with E-state index < -0.39 is 23.6 Å². The number of thiazole rings is 1. The molecule has 0 radical (unpaired) electrons. The maximum absolute atomic E-state index is 13.3. The molecule has 0 aliphatic carbocycles. The van der Waals surface area contributed by atoms with Gasteiger partial charge in [-0.2, -0.15) is 0 Å². The third-order valence-corrected chi connectivity index (χ3v) is 5.02. The van der Waals surface area contributed by atoms with Gasteiger partial charge in [0.1, 0.15) is 22.1 Å². The first-order valence-corrected chi connectivity index (χ1v) is 8.76. The van der Waals surface area contributed by atoms with Crippen molar-refractivity contribution < 1.29 is 19.0 Å². The summed E-state index contributed by atoms with van der Waals surface area (Å²) in [6.45, 7) is 5.32. The quantitative estimate of drug-likeness (QED) is 0.799. The summed E-state index contributed by atoms with van der Waals surface area (Å²) >= 11 is 4.40. The topological polar surface area (TPSA) is 62.7 Å². The van der Waals surface area contributed by atoms with E-state index >= 15 is 0 Å². The Hall–Kier alpha value is -1.51. The van der Waals surface area contributed by atoms with Gasteiger partial charge in [0.05, 0.1) is 4.88 Å². The van der Waals surface area contributed by atoms with Gasteiger partial charge in [0.15, 0.2) is 5.13 Å². The van der Waals surface area contributed by atoms with Crippen molar-refractivity contribution in [2.24, 2.45) is 0 Å². The molecule has 0 saturated heterocycles. The molecule has 24 heavy (non-hydrogen) atoms. The Balaban J connectivity index is 2.25. The molecule has 8 heteroatoms. The number of benzene rings is 1. The Morgan fingerprint density at radius 1 is 1.46 bits per heavy atom. The number of hydrogen-bond donors (Lipinski definition) is 1. The zero-order valence-electron chi connectivity index (χ0n) is 13.7. The molecular formula is C16H18BrFN2O3S. The minimum atomic E-state index is -1.05. The molecule has 5 nitrogen and oxygen atoms in total. The summed E-state index contributed by atoms with van der Waals surface area (Å²) in [5.41, 5.74) is -0.213. The zero-order chi connectivity index (χ0) is 18.1. The number of aliphatic hydroxyl groups excluding tert-OH is 1. The number of aromatic nitrogens is 1. The molecule has 1 amide bonds. The fourth-order valence-corrected chi connectivity index (χ4v) is 3.52. The number of nitrogens with zero attached hydrogens (tertiary/aromatic N) is 2. The van der Waals surface area contributed by atoms with Crippen LogP contribution in [0.1, 0.15) is 37.3 Å². The van der Waals surface area contributed by atoms with E-state index in [2.05, 4.69) is 20.9 Å². The Kier molecular flexibility index (Phi) is 5.62. The first kappa shape index (κ1) is 18.8. The van der Waals surface area contributed by atoms with Crippen molar-refractivity contribution in [2.75, 3.05) is 11.9 Å². The van der Waals surface area contributed by atoms with Crippen LogP contribution in [0.2, 0.25) is 0 Å². The van der Waals surface area contributed by atoms with Gasteiger partial charge in [0, 0.05) is 7.05 Å². The molecule has 0 spiro atoms. The summed E-state index contributed by atoms with van der Waals surface area (Å²) in [6.07, 6.45) is -1.59. The molecule has 1 unspecified atom stereocenters. The second kappa shape index (κ2) is 7.16. The van der Waals surface area contributed by atoms with Gasteiger partial charge in [-0.15, -0.1) is 0 Å². The van der Waals surface area contributed by atoms with Crippen molar-refractivity contribution in [3.63, 3.8) is 0 Å². The lowest BCUT2D eigenvalue weighted by atomic mass is 10.1. The van der Waals surface area contributed by atoms with Gasteiger partial charge in [-0.1, -0.05) is 23.5 Å². The Morgan fingerprint density at radius 3 is 2.71 bits per heavy atom. The van der Waals surface area contributed by atoms with Gasteiger partial charge in [0.2, 0.25) is 0 Å². The number of rotatable bonds is 3. The van der Waals surface area contributed by atoms with Crippen molar-refractivity contribution in [3.8, 4) is 0 Å². The third-order valence-electron chi connectivity index (χ3n) is 2.97. The lowest BCUT2D eigenvalue weighted by molar-refractivity contribution is 0.0589. The number of halogens is 2. The third kappa shape index (κ3) is 4.52. The van der Waals surface area contributed by atoms with E-state index in [0.29, 0.717) is 20.2 Å². The molecular weight excluding hydrogens is 399 g/mol. The number of hydrogen-bond acceptors (Lipinski definition) is 5. The lowest BCUT2D eigenvalue weighted by Crippen LogP contribution is -2.34. The Bertz CT molecular complexity index is 745. The summed E-state index contributed by atoms with van der Waals surface area (Å²) in [5, 5.41) is 10.8. The van der Waals surface area contributed by atoms with Crippen LogP contribution < -0.4 is 4.90 Å². The smallest absolute Gasteiger partial charge is 0.416 e. The molecule has 0 aliphatic heterocycles. The minimum absolute atomic E-state index is 0.363. The minimum Gasteiger partial charge on any atom is -0.443 e. The summed E-state index contributed by atoms with van der Waals surface area (Å²) < 4.78 is 19.0. The molecule has 0 fully saturated rings. The summed E-state index contributed by atoms with van der Waals surface area (Å²) in [5.74, 6) is -0.432. The number of amides is 1. The fraction of sp³-hybridized carbons (Fsp3) is 0.375. The fourth-order valence-electron chi connectivity index (χ4n) is 1.85. The number of aliphatic hydroxyl groups is 1. The highest BCUT2D eigenvalue weighted by molar-refractivity contribution is 9.10. The average molecular weight is 417 g/mol. The molecule has 130 valence electrons. The predicted octanol–water partition coefficient (Wildman–Crippen LogP) is 4.50. The summed E-state index contributed by atoms with van der Waals surface area (Å²) in [7, 11) is 1.54. The van der Waals surface area contributed by atoms with Crippen LogP contribution in [-0.4, -0.2) is 28.8 Å². The zero-order valence-corrected chi connectivity index (χ0v) is 16.1.